The number of unbranched alkanes of at least 4 members (excludes halogenated alkanes) is 14. The van der Waals surface area contributed by atoms with Gasteiger partial charge in [0.2, 0.25) is 0 Å². The molecule has 4 heteroatoms. The molecule has 0 aromatic carbocycles. The van der Waals surface area contributed by atoms with Crippen molar-refractivity contribution in [1.29, 1.82) is 0 Å². The van der Waals surface area contributed by atoms with Crippen LogP contribution in [0.3, 0.4) is 0 Å². The van der Waals surface area contributed by atoms with E-state index in [-0.39, 0.29) is 12.5 Å². The third-order valence-electron chi connectivity index (χ3n) is 5.35. The number of carbonyl (C=O) groups is 2. The van der Waals surface area contributed by atoms with E-state index in [1.807, 2.05) is 6.92 Å². The van der Waals surface area contributed by atoms with Crippen LogP contribution in [0.4, 0.5) is 0 Å². The first-order chi connectivity index (χ1) is 14.1. The number of hydrogen-bond acceptors (Lipinski definition) is 4. The molecule has 0 aliphatic carbocycles. The van der Waals surface area contributed by atoms with Crippen molar-refractivity contribution >= 4 is 11.9 Å². The number of carbonyl (C=O) groups excluding carboxylic acids is 2. The van der Waals surface area contributed by atoms with Gasteiger partial charge in [-0.25, -0.2) is 0 Å². The SMILES string of the molecule is CCCCCCCCCCCCCCCCOC(=O)CC(=O)OC(C)CCCC. The van der Waals surface area contributed by atoms with Crippen molar-refractivity contribution in [1.82, 2.24) is 0 Å². The van der Waals surface area contributed by atoms with Gasteiger partial charge < -0.3 is 9.47 Å². The molecule has 1 atom stereocenters. The predicted molar refractivity (Wildman–Crippen MR) is 121 cm³/mol. The van der Waals surface area contributed by atoms with Gasteiger partial charge in [-0.05, 0) is 19.8 Å². The van der Waals surface area contributed by atoms with Gasteiger partial charge in [0.05, 0.1) is 12.7 Å². The van der Waals surface area contributed by atoms with Crippen molar-refractivity contribution in [2.75, 3.05) is 6.61 Å². The summed E-state index contributed by atoms with van der Waals surface area (Å²) in [5.74, 6) is -0.938. The van der Waals surface area contributed by atoms with Crippen molar-refractivity contribution in [2.24, 2.45) is 0 Å². The standard InChI is InChI=1S/C25H48O4/c1-4-6-8-9-10-11-12-13-14-15-16-17-18-19-21-28-24(26)22-25(27)29-23(3)20-7-5-2/h23H,4-22H2,1-3H3. The predicted octanol–water partition coefficient (Wildman–Crippen LogP) is 7.52. The molecular weight excluding hydrogens is 364 g/mol. The topological polar surface area (TPSA) is 52.6 Å². The Morgan fingerprint density at radius 2 is 1.07 bits per heavy atom. The smallest absolute Gasteiger partial charge is 0.317 e. The Morgan fingerprint density at radius 3 is 1.55 bits per heavy atom. The Labute approximate surface area is 180 Å². The third kappa shape index (κ3) is 21.5. The van der Waals surface area contributed by atoms with Crippen molar-refractivity contribution in [3.8, 4) is 0 Å². The quantitative estimate of drug-likeness (QED) is 0.111. The maximum atomic E-state index is 11.7. The van der Waals surface area contributed by atoms with Crippen molar-refractivity contribution in [3.05, 3.63) is 0 Å². The van der Waals surface area contributed by atoms with E-state index < -0.39 is 11.9 Å². The normalized spacial score (nSPS) is 12.0. The van der Waals surface area contributed by atoms with Gasteiger partial charge in [0, 0.05) is 0 Å². The minimum absolute atomic E-state index is 0.124. The molecule has 0 aliphatic rings. The molecule has 0 aromatic heterocycles. The summed E-state index contributed by atoms with van der Waals surface area (Å²) >= 11 is 0. The zero-order valence-electron chi connectivity index (χ0n) is 19.6. The molecule has 0 saturated heterocycles. The molecule has 0 amide bonds. The molecule has 0 saturated carbocycles. The number of ether oxygens (including phenoxy) is 2. The lowest BCUT2D eigenvalue weighted by Crippen LogP contribution is -2.19. The van der Waals surface area contributed by atoms with Crippen LogP contribution < -0.4 is 0 Å². The van der Waals surface area contributed by atoms with Gasteiger partial charge in [0.1, 0.15) is 6.42 Å². The highest BCUT2D eigenvalue weighted by Gasteiger charge is 2.14. The minimum Gasteiger partial charge on any atom is -0.465 e. The first kappa shape index (κ1) is 27.9. The molecule has 0 spiro atoms. The maximum absolute atomic E-state index is 11.7. The van der Waals surface area contributed by atoms with Gasteiger partial charge in [-0.15, -0.1) is 0 Å². The Kier molecular flexibility index (Phi) is 20.9. The van der Waals surface area contributed by atoms with E-state index in [9.17, 15) is 9.59 Å². The molecule has 172 valence electrons. The molecule has 0 aliphatic heterocycles. The van der Waals surface area contributed by atoms with E-state index in [1.54, 1.807) is 0 Å². The zero-order chi connectivity index (χ0) is 21.6. The van der Waals surface area contributed by atoms with E-state index in [1.165, 1.54) is 77.0 Å². The fraction of sp³-hybridized carbons (Fsp3) is 0.920. The highest BCUT2D eigenvalue weighted by Crippen LogP contribution is 2.13. The molecule has 4 nitrogen and oxygen atoms in total. The summed E-state index contributed by atoms with van der Waals surface area (Å²) in [5.41, 5.74) is 0. The van der Waals surface area contributed by atoms with Gasteiger partial charge in [-0.1, -0.05) is 110 Å². The van der Waals surface area contributed by atoms with E-state index in [4.69, 9.17) is 9.47 Å². The number of esters is 2. The Morgan fingerprint density at radius 1 is 0.621 bits per heavy atom. The van der Waals surface area contributed by atoms with Crippen LogP contribution in [0.15, 0.2) is 0 Å². The monoisotopic (exact) mass is 412 g/mol. The van der Waals surface area contributed by atoms with Crippen LogP contribution in [-0.4, -0.2) is 24.6 Å². The fourth-order valence-electron chi connectivity index (χ4n) is 3.47. The summed E-state index contributed by atoms with van der Waals surface area (Å²) in [5, 5.41) is 0. The van der Waals surface area contributed by atoms with Gasteiger partial charge in [-0.2, -0.15) is 0 Å². The molecule has 0 aromatic rings. The Balaban J connectivity index is 3.33. The lowest BCUT2D eigenvalue weighted by Gasteiger charge is -2.12. The first-order valence-corrected chi connectivity index (χ1v) is 12.4. The zero-order valence-corrected chi connectivity index (χ0v) is 19.6. The minimum atomic E-state index is -0.473. The Bertz CT molecular complexity index is 381. The van der Waals surface area contributed by atoms with Crippen molar-refractivity contribution in [2.45, 2.75) is 142 Å². The van der Waals surface area contributed by atoms with E-state index in [0.717, 1.165) is 32.1 Å². The van der Waals surface area contributed by atoms with Crippen LogP contribution in [0.5, 0.6) is 0 Å². The summed E-state index contributed by atoms with van der Waals surface area (Å²) in [6, 6.07) is 0. The molecule has 0 heterocycles. The summed E-state index contributed by atoms with van der Waals surface area (Å²) in [7, 11) is 0. The van der Waals surface area contributed by atoms with Crippen LogP contribution in [-0.2, 0) is 19.1 Å². The Hall–Kier alpha value is -1.06. The molecular formula is C25H48O4. The van der Waals surface area contributed by atoms with Crippen LogP contribution in [0.25, 0.3) is 0 Å². The van der Waals surface area contributed by atoms with E-state index in [0.29, 0.717) is 6.61 Å². The molecule has 0 bridgehead atoms. The molecule has 29 heavy (non-hydrogen) atoms. The maximum Gasteiger partial charge on any atom is 0.317 e. The average Bonchev–Trinajstić information content (AvgIpc) is 2.69. The van der Waals surface area contributed by atoms with Crippen LogP contribution in [0, 0.1) is 0 Å². The fourth-order valence-corrected chi connectivity index (χ4v) is 3.47. The highest BCUT2D eigenvalue weighted by molar-refractivity contribution is 5.91. The largest absolute Gasteiger partial charge is 0.465 e. The summed E-state index contributed by atoms with van der Waals surface area (Å²) in [4.78, 5) is 23.3. The van der Waals surface area contributed by atoms with Gasteiger partial charge in [0.15, 0.2) is 0 Å². The highest BCUT2D eigenvalue weighted by atomic mass is 16.6. The molecule has 0 fully saturated rings. The van der Waals surface area contributed by atoms with Gasteiger partial charge in [-0.3, -0.25) is 9.59 Å². The second-order valence-electron chi connectivity index (χ2n) is 8.44. The van der Waals surface area contributed by atoms with Crippen LogP contribution >= 0.6 is 0 Å². The van der Waals surface area contributed by atoms with Gasteiger partial charge in [0.25, 0.3) is 0 Å². The second-order valence-corrected chi connectivity index (χ2v) is 8.44. The third-order valence-corrected chi connectivity index (χ3v) is 5.35. The lowest BCUT2D eigenvalue weighted by molar-refractivity contribution is -0.157. The summed E-state index contributed by atoms with van der Waals surface area (Å²) in [6.45, 7) is 6.65. The molecule has 0 N–H and O–H groups in total. The summed E-state index contributed by atoms with van der Waals surface area (Å²) in [6.07, 6.45) is 20.8. The first-order valence-electron chi connectivity index (χ1n) is 12.4. The van der Waals surface area contributed by atoms with E-state index in [2.05, 4.69) is 13.8 Å². The molecule has 0 rings (SSSR count). The van der Waals surface area contributed by atoms with Crippen LogP contribution in [0.2, 0.25) is 0 Å². The summed E-state index contributed by atoms with van der Waals surface area (Å²) < 4.78 is 10.4. The lowest BCUT2D eigenvalue weighted by atomic mass is 10.0. The molecule has 1 unspecified atom stereocenters. The van der Waals surface area contributed by atoms with Gasteiger partial charge >= 0.3 is 11.9 Å². The van der Waals surface area contributed by atoms with Crippen molar-refractivity contribution < 1.29 is 19.1 Å². The van der Waals surface area contributed by atoms with Crippen molar-refractivity contribution in [3.63, 3.8) is 0 Å². The average molecular weight is 413 g/mol. The molecule has 0 radical (unpaired) electrons. The van der Waals surface area contributed by atoms with Crippen LogP contribution in [0.1, 0.15) is 136 Å². The second kappa shape index (κ2) is 21.6. The van der Waals surface area contributed by atoms with E-state index >= 15 is 0 Å². The number of hydrogen-bond donors (Lipinski definition) is 0. The number of rotatable bonds is 21.